The fourth-order valence-corrected chi connectivity index (χ4v) is 4.35. The fourth-order valence-electron chi connectivity index (χ4n) is 3.45. The smallest absolute Gasteiger partial charge is 0.268 e. The molecule has 1 fully saturated rings. The molecular weight excluding hydrogens is 374 g/mol. The van der Waals surface area contributed by atoms with E-state index in [1.807, 2.05) is 18.2 Å². The van der Waals surface area contributed by atoms with Crippen molar-refractivity contribution in [3.8, 4) is 5.75 Å². The van der Waals surface area contributed by atoms with Crippen LogP contribution in [-0.2, 0) is 6.61 Å². The molecule has 2 heterocycles. The fraction of sp³-hybridized carbons (Fsp3) is 0.400. The van der Waals surface area contributed by atoms with Gasteiger partial charge in [0.15, 0.2) is 5.13 Å². The number of ether oxygens (including phenoxy) is 1. The largest absolute Gasteiger partial charge is 0.487 e. The summed E-state index contributed by atoms with van der Waals surface area (Å²) in [5, 5.41) is 4.46. The zero-order valence-electron chi connectivity index (χ0n) is 15.6. The molecule has 7 nitrogen and oxygen atoms in total. The van der Waals surface area contributed by atoms with Crippen molar-refractivity contribution in [2.45, 2.75) is 38.7 Å². The van der Waals surface area contributed by atoms with Crippen LogP contribution in [0.5, 0.6) is 5.75 Å². The number of hydrogen-bond acceptors (Lipinski definition) is 7. The quantitative estimate of drug-likeness (QED) is 0.629. The number of anilines is 1. The molecule has 28 heavy (non-hydrogen) atoms. The Hall–Kier alpha value is -2.74. The van der Waals surface area contributed by atoms with Gasteiger partial charge in [0.25, 0.3) is 5.91 Å². The number of nitrogens with zero attached hydrogens (tertiary/aromatic N) is 3. The van der Waals surface area contributed by atoms with E-state index >= 15 is 0 Å². The number of carbonyl (C=O) groups excluding carboxylic acids is 1. The lowest BCUT2D eigenvalue weighted by Crippen LogP contribution is -2.16. The Morgan fingerprint density at radius 2 is 2.07 bits per heavy atom. The summed E-state index contributed by atoms with van der Waals surface area (Å²) in [6.45, 7) is 1.21. The van der Waals surface area contributed by atoms with Gasteiger partial charge in [-0.3, -0.25) is 9.78 Å². The zero-order chi connectivity index (χ0) is 19.3. The lowest BCUT2D eigenvalue weighted by molar-refractivity contribution is 0.0994. The van der Waals surface area contributed by atoms with Gasteiger partial charge in [-0.05, 0) is 37.0 Å². The first-order chi connectivity index (χ1) is 13.7. The van der Waals surface area contributed by atoms with E-state index in [1.165, 1.54) is 38.3 Å². The van der Waals surface area contributed by atoms with Gasteiger partial charge in [-0.25, -0.2) is 9.97 Å². The van der Waals surface area contributed by atoms with Crippen LogP contribution in [0, 0.1) is 5.92 Å². The maximum atomic E-state index is 11.2. The minimum atomic E-state index is -0.603. The summed E-state index contributed by atoms with van der Waals surface area (Å²) in [4.78, 5) is 24.0. The van der Waals surface area contributed by atoms with E-state index in [0.29, 0.717) is 5.69 Å². The van der Waals surface area contributed by atoms with E-state index in [-0.39, 0.29) is 12.3 Å². The van der Waals surface area contributed by atoms with Crippen molar-refractivity contribution in [3.05, 3.63) is 42.0 Å². The van der Waals surface area contributed by atoms with E-state index in [1.54, 1.807) is 17.5 Å². The molecule has 0 atom stereocenters. The maximum absolute atomic E-state index is 11.2. The first-order valence-electron chi connectivity index (χ1n) is 9.55. The Bertz CT molecular complexity index is 968. The molecule has 0 bridgehead atoms. The van der Waals surface area contributed by atoms with Crippen LogP contribution in [0.15, 0.2) is 30.6 Å². The number of fused-ring (bicyclic) bond motifs is 1. The van der Waals surface area contributed by atoms with Gasteiger partial charge in [0.05, 0.1) is 28.3 Å². The van der Waals surface area contributed by atoms with E-state index < -0.39 is 5.91 Å². The molecule has 0 unspecified atom stereocenters. The number of benzene rings is 1. The van der Waals surface area contributed by atoms with Gasteiger partial charge in [-0.15, -0.1) is 0 Å². The molecule has 1 saturated carbocycles. The predicted octanol–water partition coefficient (Wildman–Crippen LogP) is 3.76. The van der Waals surface area contributed by atoms with Crippen LogP contribution in [0.3, 0.4) is 0 Å². The van der Waals surface area contributed by atoms with Gasteiger partial charge in [0.1, 0.15) is 18.1 Å². The second-order valence-corrected chi connectivity index (χ2v) is 8.11. The highest BCUT2D eigenvalue weighted by Crippen LogP contribution is 2.30. The number of carbonyl (C=O) groups is 1. The molecule has 1 aromatic carbocycles. The Balaban J connectivity index is 1.38. The second-order valence-electron chi connectivity index (χ2n) is 7.08. The van der Waals surface area contributed by atoms with E-state index in [9.17, 15) is 4.79 Å². The van der Waals surface area contributed by atoms with Crippen LogP contribution in [-0.4, -0.2) is 27.4 Å². The SMILES string of the molecule is NC(=O)c1cncc(COc2ccc3nc(NCC4CCCCC4)sc3c2)n1. The molecule has 4 rings (SSSR count). The van der Waals surface area contributed by atoms with Crippen LogP contribution >= 0.6 is 11.3 Å². The topological polar surface area (TPSA) is 103 Å². The van der Waals surface area contributed by atoms with E-state index in [4.69, 9.17) is 10.5 Å². The summed E-state index contributed by atoms with van der Waals surface area (Å²) in [6, 6.07) is 5.82. The maximum Gasteiger partial charge on any atom is 0.268 e. The average Bonchev–Trinajstić information content (AvgIpc) is 3.14. The molecule has 146 valence electrons. The number of nitrogens with two attached hydrogens (primary N) is 1. The van der Waals surface area contributed by atoms with Gasteiger partial charge in [0.2, 0.25) is 0 Å². The molecule has 1 aliphatic carbocycles. The van der Waals surface area contributed by atoms with E-state index in [0.717, 1.165) is 33.6 Å². The molecule has 8 heteroatoms. The minimum Gasteiger partial charge on any atom is -0.487 e. The van der Waals surface area contributed by atoms with Gasteiger partial charge in [-0.1, -0.05) is 30.6 Å². The lowest BCUT2D eigenvalue weighted by Gasteiger charge is -2.21. The van der Waals surface area contributed by atoms with Crippen LogP contribution in [0.4, 0.5) is 5.13 Å². The van der Waals surface area contributed by atoms with E-state index in [2.05, 4.69) is 20.3 Å². The highest BCUT2D eigenvalue weighted by Gasteiger charge is 2.14. The van der Waals surface area contributed by atoms with Crippen molar-refractivity contribution in [1.29, 1.82) is 0 Å². The number of aromatic nitrogens is 3. The number of primary amides is 1. The van der Waals surface area contributed by atoms with Crippen molar-refractivity contribution in [1.82, 2.24) is 15.0 Å². The molecule has 3 aromatic rings. The van der Waals surface area contributed by atoms with Crippen LogP contribution in [0.2, 0.25) is 0 Å². The van der Waals surface area contributed by atoms with Crippen LogP contribution < -0.4 is 15.8 Å². The Labute approximate surface area is 167 Å². The monoisotopic (exact) mass is 397 g/mol. The Morgan fingerprint density at radius 3 is 2.89 bits per heavy atom. The van der Waals surface area contributed by atoms with Crippen molar-refractivity contribution in [2.24, 2.45) is 11.7 Å². The summed E-state index contributed by atoms with van der Waals surface area (Å²) in [6.07, 6.45) is 9.60. The zero-order valence-corrected chi connectivity index (χ0v) is 16.4. The first-order valence-corrected chi connectivity index (χ1v) is 10.4. The Kier molecular flexibility index (Phi) is 5.66. The second kappa shape index (κ2) is 8.52. The standard InChI is InChI=1S/C20H23N5O2S/c21-19(26)17-11-22-10-14(24-17)12-27-15-6-7-16-18(8-15)28-20(25-16)23-9-13-4-2-1-3-5-13/h6-8,10-11,13H,1-5,9,12H2,(H2,21,26)(H,23,25). The highest BCUT2D eigenvalue weighted by atomic mass is 32.1. The molecule has 0 aliphatic heterocycles. The lowest BCUT2D eigenvalue weighted by atomic mass is 9.89. The third-order valence-corrected chi connectivity index (χ3v) is 5.93. The molecule has 3 N–H and O–H groups in total. The highest BCUT2D eigenvalue weighted by molar-refractivity contribution is 7.22. The molecule has 0 saturated heterocycles. The van der Waals surface area contributed by atoms with Gasteiger partial charge in [-0.2, -0.15) is 0 Å². The average molecular weight is 398 g/mol. The molecule has 0 spiro atoms. The predicted molar refractivity (Wildman–Crippen MR) is 110 cm³/mol. The number of amides is 1. The summed E-state index contributed by atoms with van der Waals surface area (Å²) < 4.78 is 6.87. The number of thiazole rings is 1. The Morgan fingerprint density at radius 1 is 1.21 bits per heavy atom. The summed E-state index contributed by atoms with van der Waals surface area (Å²) in [5.41, 5.74) is 6.87. The van der Waals surface area contributed by atoms with Crippen molar-refractivity contribution in [3.63, 3.8) is 0 Å². The van der Waals surface area contributed by atoms with Crippen molar-refractivity contribution < 1.29 is 9.53 Å². The van der Waals surface area contributed by atoms with Gasteiger partial charge < -0.3 is 15.8 Å². The van der Waals surface area contributed by atoms with Gasteiger partial charge >= 0.3 is 0 Å². The minimum absolute atomic E-state index is 0.132. The van der Waals surface area contributed by atoms with Crippen molar-refractivity contribution >= 4 is 32.6 Å². The molecule has 1 aliphatic rings. The molecule has 0 radical (unpaired) electrons. The molecule has 1 amide bonds. The van der Waals surface area contributed by atoms with Gasteiger partial charge in [0, 0.05) is 6.54 Å². The molecule has 2 aromatic heterocycles. The third kappa shape index (κ3) is 4.56. The van der Waals surface area contributed by atoms with Crippen molar-refractivity contribution in [2.75, 3.05) is 11.9 Å². The summed E-state index contributed by atoms with van der Waals surface area (Å²) in [5.74, 6) is 0.881. The number of nitrogens with one attached hydrogen (secondary N) is 1. The first kappa shape index (κ1) is 18.6. The third-order valence-electron chi connectivity index (χ3n) is 4.95. The summed E-state index contributed by atoms with van der Waals surface area (Å²) >= 11 is 1.64. The number of hydrogen-bond donors (Lipinski definition) is 2. The summed E-state index contributed by atoms with van der Waals surface area (Å²) in [7, 11) is 0. The number of rotatable bonds is 7. The van der Waals surface area contributed by atoms with Crippen LogP contribution in [0.25, 0.3) is 10.2 Å². The normalized spacial score (nSPS) is 14.9. The molecular formula is C20H23N5O2S. The van der Waals surface area contributed by atoms with Crippen LogP contribution in [0.1, 0.15) is 48.3 Å².